The molecule has 0 spiro atoms. The third-order valence-corrected chi connectivity index (χ3v) is 5.39. The molecule has 3 aromatic rings. The van der Waals surface area contributed by atoms with Gasteiger partial charge in [-0.3, -0.25) is 10.1 Å². The largest absolute Gasteiger partial charge is 0.313 e. The Morgan fingerprint density at radius 1 is 0.963 bits per heavy atom. The molecular formula is C23H25N3O. The monoisotopic (exact) mass is 359 g/mol. The van der Waals surface area contributed by atoms with Crippen LogP contribution in [0.3, 0.4) is 0 Å². The van der Waals surface area contributed by atoms with Crippen molar-refractivity contribution < 1.29 is 0 Å². The van der Waals surface area contributed by atoms with Gasteiger partial charge in [0.15, 0.2) is 0 Å². The number of aryl methyl sites for hydroxylation is 1. The summed E-state index contributed by atoms with van der Waals surface area (Å²) >= 11 is 0. The van der Waals surface area contributed by atoms with Crippen LogP contribution in [0.4, 0.5) is 0 Å². The Hall–Kier alpha value is -2.69. The first-order valence-corrected chi connectivity index (χ1v) is 9.41. The maximum atomic E-state index is 12.5. The molecule has 1 atom stereocenters. The first-order valence-electron chi connectivity index (χ1n) is 9.41. The van der Waals surface area contributed by atoms with Gasteiger partial charge >= 0.3 is 0 Å². The molecule has 0 saturated carbocycles. The lowest BCUT2D eigenvalue weighted by Gasteiger charge is -2.30. The number of pyridine rings is 1. The zero-order valence-electron chi connectivity index (χ0n) is 15.6. The Morgan fingerprint density at radius 3 is 2.41 bits per heavy atom. The maximum Gasteiger partial charge on any atom is 0.253 e. The van der Waals surface area contributed by atoms with Crippen LogP contribution in [0.15, 0.2) is 77.7 Å². The molecule has 27 heavy (non-hydrogen) atoms. The van der Waals surface area contributed by atoms with Crippen LogP contribution < -0.4 is 16.2 Å². The first-order chi connectivity index (χ1) is 13.2. The molecule has 1 fully saturated rings. The summed E-state index contributed by atoms with van der Waals surface area (Å²) < 4.78 is 1.81. The molecule has 1 aliphatic rings. The second kappa shape index (κ2) is 7.51. The molecule has 1 aliphatic heterocycles. The highest BCUT2D eigenvalue weighted by molar-refractivity contribution is 5.33. The van der Waals surface area contributed by atoms with E-state index in [1.165, 1.54) is 16.7 Å². The minimum Gasteiger partial charge on any atom is -0.313 e. The molecular weight excluding hydrogens is 334 g/mol. The summed E-state index contributed by atoms with van der Waals surface area (Å²) in [5.41, 5.74) is 4.38. The number of nitrogens with zero attached hydrogens (tertiary/aromatic N) is 1. The van der Waals surface area contributed by atoms with Crippen molar-refractivity contribution >= 4 is 0 Å². The molecule has 2 heterocycles. The van der Waals surface area contributed by atoms with Crippen molar-refractivity contribution in [2.24, 2.45) is 0 Å². The van der Waals surface area contributed by atoms with E-state index in [1.54, 1.807) is 0 Å². The Bertz CT molecular complexity index is 955. The topological polar surface area (TPSA) is 46.1 Å². The molecule has 1 aromatic heterocycles. The molecule has 4 rings (SSSR count). The van der Waals surface area contributed by atoms with Crippen molar-refractivity contribution in [1.29, 1.82) is 0 Å². The molecule has 4 heteroatoms. The highest BCUT2D eigenvalue weighted by atomic mass is 16.1. The van der Waals surface area contributed by atoms with Crippen LogP contribution in [0.5, 0.6) is 0 Å². The number of nitrogens with one attached hydrogen (secondary N) is 2. The Labute approximate surface area is 159 Å². The highest BCUT2D eigenvalue weighted by Crippen LogP contribution is 2.26. The smallest absolute Gasteiger partial charge is 0.253 e. The molecule has 2 N–H and O–H groups in total. The van der Waals surface area contributed by atoms with Crippen molar-refractivity contribution in [2.45, 2.75) is 25.4 Å². The van der Waals surface area contributed by atoms with Crippen molar-refractivity contribution in [1.82, 2.24) is 15.2 Å². The van der Waals surface area contributed by atoms with E-state index in [2.05, 4.69) is 59.2 Å². The number of hydrogen-bond donors (Lipinski definition) is 2. The number of hydrogen-bond acceptors (Lipinski definition) is 3. The fourth-order valence-electron chi connectivity index (χ4n) is 3.82. The van der Waals surface area contributed by atoms with Gasteiger partial charge in [0, 0.05) is 31.5 Å². The SMILES string of the molecule is Cc1cccn(CC2(c3ccc(Cc4ccccc4)cc3)CNCN2)c1=O. The van der Waals surface area contributed by atoms with Crippen LogP contribution >= 0.6 is 0 Å². The summed E-state index contributed by atoms with van der Waals surface area (Å²) in [5, 5.41) is 6.97. The second-order valence-electron chi connectivity index (χ2n) is 7.35. The lowest BCUT2D eigenvalue weighted by Crippen LogP contribution is -2.45. The van der Waals surface area contributed by atoms with Crippen molar-refractivity contribution in [3.05, 3.63) is 106 Å². The van der Waals surface area contributed by atoms with Gasteiger partial charge in [0.05, 0.1) is 5.54 Å². The molecule has 4 nitrogen and oxygen atoms in total. The summed E-state index contributed by atoms with van der Waals surface area (Å²) in [5.74, 6) is 0. The van der Waals surface area contributed by atoms with E-state index in [4.69, 9.17) is 0 Å². The lowest BCUT2D eigenvalue weighted by atomic mass is 9.89. The van der Waals surface area contributed by atoms with Gasteiger partial charge in [-0.15, -0.1) is 0 Å². The summed E-state index contributed by atoms with van der Waals surface area (Å²) in [6, 6.07) is 23.1. The van der Waals surface area contributed by atoms with Gasteiger partial charge in [-0.2, -0.15) is 0 Å². The number of benzene rings is 2. The van der Waals surface area contributed by atoms with E-state index in [0.717, 1.165) is 25.2 Å². The Kier molecular flexibility index (Phi) is 4.92. The van der Waals surface area contributed by atoms with Crippen molar-refractivity contribution in [3.8, 4) is 0 Å². The zero-order chi connectivity index (χ0) is 18.7. The van der Waals surface area contributed by atoms with E-state index >= 15 is 0 Å². The van der Waals surface area contributed by atoms with Crippen LogP contribution in [0.25, 0.3) is 0 Å². The van der Waals surface area contributed by atoms with Gasteiger partial charge in [-0.05, 0) is 36.1 Å². The number of rotatable bonds is 5. The van der Waals surface area contributed by atoms with Crippen LogP contribution in [0.2, 0.25) is 0 Å². The van der Waals surface area contributed by atoms with Crippen LogP contribution in [0.1, 0.15) is 22.3 Å². The van der Waals surface area contributed by atoms with Crippen LogP contribution in [-0.4, -0.2) is 17.8 Å². The average Bonchev–Trinajstić information content (AvgIpc) is 3.17. The van der Waals surface area contributed by atoms with Gasteiger partial charge in [0.1, 0.15) is 0 Å². The van der Waals surface area contributed by atoms with Gasteiger partial charge in [0.2, 0.25) is 0 Å². The van der Waals surface area contributed by atoms with Gasteiger partial charge < -0.3 is 9.88 Å². The normalized spacial score (nSPS) is 19.3. The van der Waals surface area contributed by atoms with E-state index in [1.807, 2.05) is 35.9 Å². The van der Waals surface area contributed by atoms with Crippen molar-refractivity contribution in [3.63, 3.8) is 0 Å². The number of aromatic nitrogens is 1. The Morgan fingerprint density at radius 2 is 1.70 bits per heavy atom. The summed E-state index contributed by atoms with van der Waals surface area (Å²) in [7, 11) is 0. The third kappa shape index (κ3) is 3.72. The minimum atomic E-state index is -0.275. The standard InChI is InChI=1S/C23H25N3O/c1-18-6-5-13-26(22(18)27)16-23(15-24-17-25-23)21-11-9-20(10-12-21)14-19-7-3-2-4-8-19/h2-13,24-25H,14-17H2,1H3. The minimum absolute atomic E-state index is 0.0753. The third-order valence-electron chi connectivity index (χ3n) is 5.39. The van der Waals surface area contributed by atoms with Gasteiger partial charge in [0.25, 0.3) is 5.56 Å². The lowest BCUT2D eigenvalue weighted by molar-refractivity contribution is 0.345. The quantitative estimate of drug-likeness (QED) is 0.736. The summed E-state index contributed by atoms with van der Waals surface area (Å²) in [4.78, 5) is 12.5. The Balaban J connectivity index is 1.60. The molecule has 138 valence electrons. The predicted octanol–water partition coefficient (Wildman–Crippen LogP) is 2.79. The first kappa shape index (κ1) is 17.7. The van der Waals surface area contributed by atoms with E-state index in [-0.39, 0.29) is 11.1 Å². The van der Waals surface area contributed by atoms with Gasteiger partial charge in [-0.1, -0.05) is 60.7 Å². The van der Waals surface area contributed by atoms with Crippen LogP contribution in [0, 0.1) is 6.92 Å². The second-order valence-corrected chi connectivity index (χ2v) is 7.35. The molecule has 0 aliphatic carbocycles. The van der Waals surface area contributed by atoms with Crippen molar-refractivity contribution in [2.75, 3.05) is 13.2 Å². The van der Waals surface area contributed by atoms with Gasteiger partial charge in [-0.25, -0.2) is 0 Å². The summed E-state index contributed by atoms with van der Waals surface area (Å²) in [6.45, 7) is 4.01. The fourth-order valence-corrected chi connectivity index (χ4v) is 3.82. The van der Waals surface area contributed by atoms with E-state index in [0.29, 0.717) is 6.54 Å². The maximum absolute atomic E-state index is 12.5. The van der Waals surface area contributed by atoms with Crippen LogP contribution in [-0.2, 0) is 18.5 Å². The molecule has 0 radical (unpaired) electrons. The molecule has 2 aromatic carbocycles. The molecule has 1 unspecified atom stereocenters. The fraction of sp³-hybridized carbons (Fsp3) is 0.261. The predicted molar refractivity (Wildman–Crippen MR) is 109 cm³/mol. The molecule has 1 saturated heterocycles. The molecule has 0 bridgehead atoms. The average molecular weight is 359 g/mol. The molecule has 0 amide bonds. The summed E-state index contributed by atoms with van der Waals surface area (Å²) in [6.07, 6.45) is 2.80. The zero-order valence-corrected chi connectivity index (χ0v) is 15.6. The highest BCUT2D eigenvalue weighted by Gasteiger charge is 2.36. The van der Waals surface area contributed by atoms with E-state index < -0.39 is 0 Å². The van der Waals surface area contributed by atoms with E-state index in [9.17, 15) is 4.79 Å².